The third-order valence-corrected chi connectivity index (χ3v) is 3.93. The van der Waals surface area contributed by atoms with E-state index in [1.807, 2.05) is 0 Å². The molecule has 0 atom stereocenters. The van der Waals surface area contributed by atoms with Crippen molar-refractivity contribution in [3.8, 4) is 22.1 Å². The van der Waals surface area contributed by atoms with E-state index in [1.54, 1.807) is 0 Å². The van der Waals surface area contributed by atoms with E-state index in [-0.39, 0.29) is 32.1 Å². The summed E-state index contributed by atoms with van der Waals surface area (Å²) in [5.74, 6) is -0.356. The molecule has 0 bridgehead atoms. The number of halogens is 3. The van der Waals surface area contributed by atoms with E-state index >= 15 is 0 Å². The first kappa shape index (κ1) is 15.8. The third kappa shape index (κ3) is 3.20. The number of methoxy groups -OCH3 is 2. The van der Waals surface area contributed by atoms with Gasteiger partial charge in [-0.05, 0) is 12.1 Å². The molecule has 2 aromatic rings. The van der Waals surface area contributed by atoms with Crippen molar-refractivity contribution >= 4 is 40.9 Å². The molecule has 1 aromatic heterocycles. The van der Waals surface area contributed by atoms with Crippen LogP contribution in [0.1, 0.15) is 0 Å². The van der Waals surface area contributed by atoms with Crippen molar-refractivity contribution in [3.05, 3.63) is 28.0 Å². The molecule has 0 saturated carbocycles. The lowest BCUT2D eigenvalue weighted by atomic mass is 10.1. The topological polar surface area (TPSA) is 57.7 Å². The molecular weight excluding hydrogens is 344 g/mol. The Labute approximate surface area is 133 Å². The molecule has 0 N–H and O–H groups in total. The largest absolute Gasteiger partial charge is 0.514 e. The van der Waals surface area contributed by atoms with E-state index in [9.17, 15) is 9.18 Å². The van der Waals surface area contributed by atoms with E-state index < -0.39 is 12.0 Å². The predicted molar refractivity (Wildman–Crippen MR) is 77.1 cm³/mol. The van der Waals surface area contributed by atoms with Crippen molar-refractivity contribution in [1.82, 2.24) is 4.37 Å². The van der Waals surface area contributed by atoms with Crippen LogP contribution in [0.4, 0.5) is 9.18 Å². The molecule has 0 amide bonds. The smallest absolute Gasteiger partial charge is 0.495 e. The molecular formula is C12H8Cl2FNO4S. The van der Waals surface area contributed by atoms with Gasteiger partial charge in [0.05, 0.1) is 19.2 Å². The first-order chi connectivity index (χ1) is 9.97. The van der Waals surface area contributed by atoms with Gasteiger partial charge in [0.1, 0.15) is 22.3 Å². The highest BCUT2D eigenvalue weighted by atomic mass is 35.5. The Morgan fingerprint density at radius 1 is 1.33 bits per heavy atom. The van der Waals surface area contributed by atoms with Gasteiger partial charge in [0, 0.05) is 17.1 Å². The fourth-order valence-electron chi connectivity index (χ4n) is 1.48. The highest BCUT2D eigenvalue weighted by Gasteiger charge is 2.21. The van der Waals surface area contributed by atoms with Crippen LogP contribution in [-0.4, -0.2) is 24.7 Å². The number of benzene rings is 1. The van der Waals surface area contributed by atoms with Crippen molar-refractivity contribution in [2.75, 3.05) is 14.2 Å². The van der Waals surface area contributed by atoms with Crippen molar-refractivity contribution < 1.29 is 23.4 Å². The van der Waals surface area contributed by atoms with E-state index in [0.29, 0.717) is 0 Å². The van der Waals surface area contributed by atoms with Crippen LogP contribution in [0.5, 0.6) is 10.8 Å². The Balaban J connectivity index is 2.46. The van der Waals surface area contributed by atoms with Crippen LogP contribution in [-0.2, 0) is 4.74 Å². The second-order valence-corrected chi connectivity index (χ2v) is 5.18. The van der Waals surface area contributed by atoms with Gasteiger partial charge in [-0.15, -0.1) is 0 Å². The summed E-state index contributed by atoms with van der Waals surface area (Å²) in [6.45, 7) is 0. The zero-order chi connectivity index (χ0) is 15.6. The maximum atomic E-state index is 14.0. The average molecular weight is 352 g/mol. The molecule has 0 aliphatic rings. The van der Waals surface area contributed by atoms with Crippen LogP contribution in [0.25, 0.3) is 11.3 Å². The molecule has 0 radical (unpaired) electrons. The molecule has 1 aromatic carbocycles. The van der Waals surface area contributed by atoms with Crippen molar-refractivity contribution in [2.24, 2.45) is 0 Å². The van der Waals surface area contributed by atoms with Gasteiger partial charge in [-0.25, -0.2) is 9.18 Å². The molecule has 0 unspecified atom stereocenters. The predicted octanol–water partition coefficient (Wildman–Crippen LogP) is 4.41. The van der Waals surface area contributed by atoms with Crippen LogP contribution in [0.3, 0.4) is 0 Å². The maximum absolute atomic E-state index is 14.0. The molecule has 0 fully saturated rings. The first-order valence-corrected chi connectivity index (χ1v) is 6.95. The van der Waals surface area contributed by atoms with E-state index in [1.165, 1.54) is 13.2 Å². The van der Waals surface area contributed by atoms with Crippen LogP contribution in [0.15, 0.2) is 12.1 Å². The minimum Gasteiger partial charge on any atom is -0.495 e. The van der Waals surface area contributed by atoms with E-state index in [0.717, 1.165) is 24.7 Å². The molecule has 0 aliphatic heterocycles. The minimum atomic E-state index is -0.943. The van der Waals surface area contributed by atoms with Gasteiger partial charge in [0.2, 0.25) is 5.06 Å². The Bertz CT molecular complexity index is 692. The van der Waals surface area contributed by atoms with E-state index in [4.69, 9.17) is 32.7 Å². The number of carbonyl (C=O) groups excluding carboxylic acids is 1. The van der Waals surface area contributed by atoms with Gasteiger partial charge in [0.15, 0.2) is 0 Å². The highest BCUT2D eigenvalue weighted by molar-refractivity contribution is 7.09. The van der Waals surface area contributed by atoms with Gasteiger partial charge in [-0.3, -0.25) is 0 Å². The molecule has 1 heterocycles. The van der Waals surface area contributed by atoms with Crippen LogP contribution in [0.2, 0.25) is 10.0 Å². The lowest BCUT2D eigenvalue weighted by Gasteiger charge is -2.07. The van der Waals surface area contributed by atoms with Crippen LogP contribution >= 0.6 is 34.7 Å². The molecule has 0 spiro atoms. The quantitative estimate of drug-likeness (QED) is 0.766. The lowest BCUT2D eigenvalue weighted by molar-refractivity contribution is 0.123. The van der Waals surface area contributed by atoms with Gasteiger partial charge in [-0.1, -0.05) is 23.2 Å². The molecule has 0 saturated heterocycles. The molecule has 9 heteroatoms. The third-order valence-electron chi connectivity index (χ3n) is 2.45. The van der Waals surface area contributed by atoms with Crippen LogP contribution in [0, 0.1) is 5.82 Å². The monoisotopic (exact) mass is 351 g/mol. The summed E-state index contributed by atoms with van der Waals surface area (Å²) in [5, 5.41) is 0.122. The van der Waals surface area contributed by atoms with Crippen molar-refractivity contribution in [3.63, 3.8) is 0 Å². The minimum absolute atomic E-state index is 0.00586. The maximum Gasteiger partial charge on any atom is 0.514 e. The molecule has 21 heavy (non-hydrogen) atoms. The summed E-state index contributed by atoms with van der Waals surface area (Å²) in [4.78, 5) is 11.1. The Kier molecular flexibility index (Phi) is 4.87. The fourth-order valence-corrected chi connectivity index (χ4v) is 2.69. The summed E-state index contributed by atoms with van der Waals surface area (Å²) in [6, 6.07) is 2.45. The van der Waals surface area contributed by atoms with Gasteiger partial charge >= 0.3 is 6.16 Å². The number of hydrogen-bond acceptors (Lipinski definition) is 6. The number of hydrogen-bond donors (Lipinski definition) is 0. The first-order valence-electron chi connectivity index (χ1n) is 5.42. The van der Waals surface area contributed by atoms with Crippen molar-refractivity contribution in [2.45, 2.75) is 0 Å². The standard InChI is InChI=1S/C12H8Cl2FNO4S/c1-18-8-3-5(7(15)4-6(8)13)10-9(14)11(21-16-10)20-12(17)19-2/h3-4H,1-2H3. The number of rotatable bonds is 3. The number of nitrogens with zero attached hydrogens (tertiary/aromatic N) is 1. The SMILES string of the molecule is COC(=O)Oc1snc(-c2cc(OC)c(Cl)cc2F)c1Cl. The normalized spacial score (nSPS) is 10.3. The van der Waals surface area contributed by atoms with E-state index in [2.05, 4.69) is 9.11 Å². The Morgan fingerprint density at radius 3 is 2.67 bits per heavy atom. The molecule has 2 rings (SSSR count). The van der Waals surface area contributed by atoms with Gasteiger partial charge < -0.3 is 14.2 Å². The van der Waals surface area contributed by atoms with Crippen molar-refractivity contribution in [1.29, 1.82) is 0 Å². The number of carbonyl (C=O) groups is 1. The molecule has 112 valence electrons. The van der Waals surface area contributed by atoms with Crippen LogP contribution < -0.4 is 9.47 Å². The van der Waals surface area contributed by atoms with Gasteiger partial charge in [0.25, 0.3) is 0 Å². The summed E-state index contributed by atoms with van der Waals surface area (Å²) in [6.07, 6.45) is -0.943. The number of ether oxygens (including phenoxy) is 3. The summed E-state index contributed by atoms with van der Waals surface area (Å²) >= 11 is 12.7. The summed E-state index contributed by atoms with van der Waals surface area (Å²) < 4.78 is 32.1. The highest BCUT2D eigenvalue weighted by Crippen LogP contribution is 2.41. The summed E-state index contributed by atoms with van der Waals surface area (Å²) in [7, 11) is 2.55. The zero-order valence-electron chi connectivity index (χ0n) is 10.8. The second kappa shape index (κ2) is 6.46. The number of aromatic nitrogens is 1. The fraction of sp³-hybridized carbons (Fsp3) is 0.167. The van der Waals surface area contributed by atoms with Gasteiger partial charge in [-0.2, -0.15) is 4.37 Å². The second-order valence-electron chi connectivity index (χ2n) is 3.66. The molecule has 0 aliphatic carbocycles. The Hall–Kier alpha value is -1.57. The molecule has 5 nitrogen and oxygen atoms in total. The lowest BCUT2D eigenvalue weighted by Crippen LogP contribution is -2.06. The Morgan fingerprint density at radius 2 is 2.05 bits per heavy atom. The zero-order valence-corrected chi connectivity index (χ0v) is 13.1. The summed E-state index contributed by atoms with van der Waals surface area (Å²) in [5.41, 5.74) is 0.199. The average Bonchev–Trinajstić information content (AvgIpc) is 2.80.